The van der Waals surface area contributed by atoms with E-state index in [1.165, 1.54) is 0 Å². The molecule has 1 aliphatic rings. The maximum Gasteiger partial charge on any atom is 0.258 e. The Morgan fingerprint density at radius 1 is 1.15 bits per heavy atom. The number of benzodiazepines with no additional fused rings is 1. The van der Waals surface area contributed by atoms with Gasteiger partial charge in [0.2, 0.25) is 0 Å². The first-order valence-electron chi connectivity index (χ1n) is 6.52. The van der Waals surface area contributed by atoms with E-state index in [0.717, 1.165) is 11.3 Å². The summed E-state index contributed by atoms with van der Waals surface area (Å²) >= 11 is 0. The lowest BCUT2D eigenvalue weighted by Gasteiger charge is -2.22. The molecule has 20 heavy (non-hydrogen) atoms. The van der Waals surface area contributed by atoms with Crippen molar-refractivity contribution < 1.29 is 4.79 Å². The van der Waals surface area contributed by atoms with Crippen LogP contribution in [0.5, 0.6) is 0 Å². The number of benzene rings is 2. The van der Waals surface area contributed by atoms with E-state index < -0.39 is 0 Å². The Balaban J connectivity index is 2.02. The van der Waals surface area contributed by atoms with E-state index in [-0.39, 0.29) is 5.91 Å². The predicted molar refractivity (Wildman–Crippen MR) is 81.4 cm³/mol. The fraction of sp³-hybridized carbons (Fsp3) is 0.125. The molecule has 1 aliphatic heterocycles. The Morgan fingerprint density at radius 2 is 1.95 bits per heavy atom. The number of aliphatic imine (C=N–C) groups is 1. The number of amides is 1. The van der Waals surface area contributed by atoms with Crippen LogP contribution in [-0.2, 0) is 0 Å². The van der Waals surface area contributed by atoms with Crippen molar-refractivity contribution >= 4 is 23.5 Å². The molecule has 1 amide bonds. The van der Waals surface area contributed by atoms with Crippen molar-refractivity contribution in [2.24, 2.45) is 4.99 Å². The Kier molecular flexibility index (Phi) is 3.21. The lowest BCUT2D eigenvalue weighted by atomic mass is 10.1. The van der Waals surface area contributed by atoms with Crippen LogP contribution in [0.3, 0.4) is 0 Å². The number of anilines is 2. The molecule has 0 bridgehead atoms. The van der Waals surface area contributed by atoms with Crippen LogP contribution in [0.25, 0.3) is 0 Å². The third kappa shape index (κ3) is 2.28. The van der Waals surface area contributed by atoms with Crippen molar-refractivity contribution in [2.75, 3.05) is 23.7 Å². The lowest BCUT2D eigenvalue weighted by molar-refractivity contribution is 0.0988. The first kappa shape index (κ1) is 12.4. The minimum absolute atomic E-state index is 0.0119. The van der Waals surface area contributed by atoms with Gasteiger partial charge in [0.25, 0.3) is 5.91 Å². The van der Waals surface area contributed by atoms with Gasteiger partial charge in [-0.05, 0) is 30.3 Å². The number of hydrogen-bond acceptors (Lipinski definition) is 3. The minimum Gasteiger partial charge on any atom is -0.399 e. The van der Waals surface area contributed by atoms with Gasteiger partial charge in [-0.15, -0.1) is 0 Å². The van der Waals surface area contributed by atoms with Crippen molar-refractivity contribution in [2.45, 2.75) is 0 Å². The molecule has 2 aromatic rings. The highest BCUT2D eigenvalue weighted by Gasteiger charge is 2.20. The molecule has 2 N–H and O–H groups in total. The molecule has 0 unspecified atom stereocenters. The molecule has 0 spiro atoms. The van der Waals surface area contributed by atoms with Gasteiger partial charge < -0.3 is 10.6 Å². The molecule has 0 radical (unpaired) electrons. The maximum absolute atomic E-state index is 12.6. The van der Waals surface area contributed by atoms with Crippen molar-refractivity contribution in [1.29, 1.82) is 0 Å². The quantitative estimate of drug-likeness (QED) is 0.805. The molecule has 2 aromatic carbocycles. The standard InChI is InChI=1S/C16H15N3O/c17-14-6-7-15-13(10-14)11-18-8-9-19(15)16(20)12-4-2-1-3-5-12/h1-7,10-11H,8-9,17H2. The first-order valence-corrected chi connectivity index (χ1v) is 6.52. The average molecular weight is 265 g/mol. The monoisotopic (exact) mass is 265 g/mol. The Hall–Kier alpha value is -2.62. The molecule has 0 aromatic heterocycles. The fourth-order valence-electron chi connectivity index (χ4n) is 2.31. The highest BCUT2D eigenvalue weighted by atomic mass is 16.2. The minimum atomic E-state index is -0.0119. The van der Waals surface area contributed by atoms with Crippen molar-refractivity contribution in [1.82, 2.24) is 0 Å². The number of carbonyl (C=O) groups excluding carboxylic acids is 1. The largest absolute Gasteiger partial charge is 0.399 e. The highest BCUT2D eigenvalue weighted by molar-refractivity contribution is 6.09. The summed E-state index contributed by atoms with van der Waals surface area (Å²) < 4.78 is 0. The fourth-order valence-corrected chi connectivity index (χ4v) is 2.31. The van der Waals surface area contributed by atoms with Gasteiger partial charge in [0, 0.05) is 29.6 Å². The molecule has 4 nitrogen and oxygen atoms in total. The van der Waals surface area contributed by atoms with Crippen LogP contribution in [0.4, 0.5) is 11.4 Å². The van der Waals surface area contributed by atoms with Crippen LogP contribution in [0, 0.1) is 0 Å². The topological polar surface area (TPSA) is 58.7 Å². The summed E-state index contributed by atoms with van der Waals surface area (Å²) in [6.07, 6.45) is 1.78. The number of rotatable bonds is 1. The number of nitrogens with two attached hydrogens (primary N) is 1. The first-order chi connectivity index (χ1) is 9.75. The van der Waals surface area contributed by atoms with Crippen LogP contribution < -0.4 is 10.6 Å². The van der Waals surface area contributed by atoms with Crippen LogP contribution in [0.15, 0.2) is 53.5 Å². The zero-order chi connectivity index (χ0) is 13.9. The van der Waals surface area contributed by atoms with E-state index in [0.29, 0.717) is 24.3 Å². The van der Waals surface area contributed by atoms with Crippen LogP contribution in [-0.4, -0.2) is 25.2 Å². The predicted octanol–water partition coefficient (Wildman–Crippen LogP) is 2.35. The summed E-state index contributed by atoms with van der Waals surface area (Å²) in [4.78, 5) is 18.7. The third-order valence-electron chi connectivity index (χ3n) is 3.29. The molecule has 100 valence electrons. The molecule has 1 heterocycles. The van der Waals surface area contributed by atoms with Gasteiger partial charge in [-0.25, -0.2) is 0 Å². The second-order valence-corrected chi connectivity index (χ2v) is 4.68. The number of nitrogen functional groups attached to an aromatic ring is 1. The van der Waals surface area contributed by atoms with Gasteiger partial charge in [0.05, 0.1) is 12.2 Å². The van der Waals surface area contributed by atoms with E-state index >= 15 is 0 Å². The lowest BCUT2D eigenvalue weighted by Crippen LogP contribution is -2.33. The Labute approximate surface area is 117 Å². The van der Waals surface area contributed by atoms with Gasteiger partial charge in [-0.3, -0.25) is 9.79 Å². The van der Waals surface area contributed by atoms with Crippen LogP contribution in [0.2, 0.25) is 0 Å². The third-order valence-corrected chi connectivity index (χ3v) is 3.29. The number of nitrogens with zero attached hydrogens (tertiary/aromatic N) is 2. The van der Waals surface area contributed by atoms with Gasteiger partial charge in [-0.2, -0.15) is 0 Å². The zero-order valence-corrected chi connectivity index (χ0v) is 11.0. The molecule has 4 heteroatoms. The zero-order valence-electron chi connectivity index (χ0n) is 11.0. The highest BCUT2D eigenvalue weighted by Crippen LogP contribution is 2.25. The molecule has 0 aliphatic carbocycles. The van der Waals surface area contributed by atoms with E-state index in [2.05, 4.69) is 4.99 Å². The van der Waals surface area contributed by atoms with Crippen LogP contribution in [0.1, 0.15) is 15.9 Å². The smallest absolute Gasteiger partial charge is 0.258 e. The van der Waals surface area contributed by atoms with Gasteiger partial charge in [-0.1, -0.05) is 18.2 Å². The molecule has 0 fully saturated rings. The molecule has 0 atom stereocenters. The van der Waals surface area contributed by atoms with E-state index in [1.54, 1.807) is 11.1 Å². The normalized spacial score (nSPS) is 13.7. The van der Waals surface area contributed by atoms with E-state index in [9.17, 15) is 4.79 Å². The SMILES string of the molecule is Nc1ccc2c(c1)C=NCCN2C(=O)c1ccccc1. The number of fused-ring (bicyclic) bond motifs is 1. The van der Waals surface area contributed by atoms with Crippen molar-refractivity contribution in [3.63, 3.8) is 0 Å². The van der Waals surface area contributed by atoms with Gasteiger partial charge >= 0.3 is 0 Å². The second-order valence-electron chi connectivity index (χ2n) is 4.68. The number of carbonyl (C=O) groups is 1. The second kappa shape index (κ2) is 5.17. The molecule has 0 saturated heterocycles. The maximum atomic E-state index is 12.6. The van der Waals surface area contributed by atoms with Crippen molar-refractivity contribution in [3.05, 3.63) is 59.7 Å². The summed E-state index contributed by atoms with van der Waals surface area (Å²) in [5.74, 6) is -0.0119. The molecule has 3 rings (SSSR count). The summed E-state index contributed by atoms with van der Waals surface area (Å²) in [7, 11) is 0. The Bertz CT molecular complexity index is 665. The van der Waals surface area contributed by atoms with Crippen molar-refractivity contribution in [3.8, 4) is 0 Å². The summed E-state index contributed by atoms with van der Waals surface area (Å²) in [6, 6.07) is 14.8. The van der Waals surface area contributed by atoms with Crippen LogP contribution >= 0.6 is 0 Å². The van der Waals surface area contributed by atoms with E-state index in [1.807, 2.05) is 48.5 Å². The van der Waals surface area contributed by atoms with Gasteiger partial charge in [0.15, 0.2) is 0 Å². The Morgan fingerprint density at radius 3 is 2.75 bits per heavy atom. The summed E-state index contributed by atoms with van der Waals surface area (Å²) in [5.41, 5.74) is 8.89. The van der Waals surface area contributed by atoms with E-state index in [4.69, 9.17) is 5.73 Å². The molecular weight excluding hydrogens is 250 g/mol. The molecule has 0 saturated carbocycles. The molecular formula is C16H15N3O. The van der Waals surface area contributed by atoms with Gasteiger partial charge in [0.1, 0.15) is 0 Å². The number of hydrogen-bond donors (Lipinski definition) is 1. The summed E-state index contributed by atoms with van der Waals surface area (Å²) in [5, 5.41) is 0. The average Bonchev–Trinajstić information content (AvgIpc) is 2.69. The summed E-state index contributed by atoms with van der Waals surface area (Å²) in [6.45, 7) is 1.16.